The van der Waals surface area contributed by atoms with Gasteiger partial charge in [-0.25, -0.2) is 4.98 Å². The molecule has 118 valence electrons. The molecule has 1 aromatic rings. The number of pyridine rings is 1. The van der Waals surface area contributed by atoms with Crippen molar-refractivity contribution in [2.24, 2.45) is 5.41 Å². The summed E-state index contributed by atoms with van der Waals surface area (Å²) in [4.78, 5) is 16.8. The molecule has 22 heavy (non-hydrogen) atoms. The van der Waals surface area contributed by atoms with Gasteiger partial charge in [0.1, 0.15) is 10.4 Å². The monoisotopic (exact) mass is 365 g/mol. The molecule has 6 heteroatoms. The van der Waals surface area contributed by atoms with E-state index >= 15 is 0 Å². The Hall–Kier alpha value is -1.24. The van der Waals surface area contributed by atoms with Crippen LogP contribution in [0, 0.1) is 5.41 Å². The number of aromatic nitrogens is 1. The highest BCUT2D eigenvalue weighted by molar-refractivity contribution is 9.10. The molecule has 1 aliphatic carbocycles. The number of halogens is 1. The number of carbonyl (C=O) groups excluding carboxylic acids is 1. The third-order valence-corrected chi connectivity index (χ3v) is 4.86. The van der Waals surface area contributed by atoms with Gasteiger partial charge in [0.15, 0.2) is 0 Å². The Labute approximate surface area is 138 Å². The number of hydrogen-bond acceptors (Lipinski definition) is 4. The largest absolute Gasteiger partial charge is 0.373 e. The van der Waals surface area contributed by atoms with E-state index in [1.165, 1.54) is 6.42 Å². The van der Waals surface area contributed by atoms with Gasteiger partial charge in [0, 0.05) is 11.6 Å². The van der Waals surface area contributed by atoms with Gasteiger partial charge in [0.2, 0.25) is 5.91 Å². The van der Waals surface area contributed by atoms with Gasteiger partial charge in [-0.2, -0.15) is 0 Å². The molecule has 2 fully saturated rings. The second kappa shape index (κ2) is 6.10. The lowest BCUT2D eigenvalue weighted by atomic mass is 10.0. The van der Waals surface area contributed by atoms with Gasteiger partial charge >= 0.3 is 0 Å². The topological polar surface area (TPSA) is 63.2 Å². The molecule has 2 heterocycles. The molecule has 2 N–H and O–H groups in total. The summed E-state index contributed by atoms with van der Waals surface area (Å²) in [6.45, 7) is 6.70. The summed E-state index contributed by atoms with van der Waals surface area (Å²) >= 11 is 3.34. The first-order valence-electron chi connectivity index (χ1n) is 7.43. The lowest BCUT2D eigenvalue weighted by molar-refractivity contribution is -0.118. The lowest BCUT2D eigenvalue weighted by Gasteiger charge is -2.16. The van der Waals surface area contributed by atoms with Gasteiger partial charge in [-0.3, -0.25) is 4.79 Å². The minimum atomic E-state index is -0.133. The quantitative estimate of drug-likeness (QED) is 0.462. The first-order chi connectivity index (χ1) is 10.5. The Morgan fingerprint density at radius 2 is 2.45 bits per heavy atom. The Balaban J connectivity index is 1.66. The summed E-state index contributed by atoms with van der Waals surface area (Å²) in [5, 5.41) is 6.31. The highest BCUT2D eigenvalue weighted by Gasteiger charge is 2.58. The van der Waals surface area contributed by atoms with Crippen molar-refractivity contribution in [3.8, 4) is 0 Å². The van der Waals surface area contributed by atoms with Crippen molar-refractivity contribution in [2.75, 3.05) is 11.9 Å². The summed E-state index contributed by atoms with van der Waals surface area (Å²) in [7, 11) is 0. The molecule has 1 saturated carbocycles. The summed E-state index contributed by atoms with van der Waals surface area (Å²) in [5.74, 6) is 0.528. The number of fused-ring (bicyclic) bond motifs is 1. The average Bonchev–Trinajstić information content (AvgIpc) is 2.99. The van der Waals surface area contributed by atoms with Crippen LogP contribution < -0.4 is 10.6 Å². The summed E-state index contributed by atoms with van der Waals surface area (Å²) in [5.41, 5.74) is 1.16. The maximum absolute atomic E-state index is 12.4. The van der Waals surface area contributed by atoms with Crippen LogP contribution >= 0.6 is 15.9 Å². The molecule has 3 rings (SSSR count). The standard InChI is InChI=1S/C16H20BrN3O2/c1-3-6-22-9-10-4-5-13(17)19-14(10)20-15(21)11-7-16(2)8-12(16)18-11/h3-5,11-12,18H,1,6-9H2,2H3,(H,19,20,21)/t11-,12+,16-/m0/s1. The fourth-order valence-electron chi connectivity index (χ4n) is 2.97. The number of amides is 1. The van der Waals surface area contributed by atoms with Gasteiger partial charge in [-0.1, -0.05) is 19.1 Å². The van der Waals surface area contributed by atoms with Crippen LogP contribution in [0.1, 0.15) is 25.3 Å². The minimum Gasteiger partial charge on any atom is -0.373 e. The van der Waals surface area contributed by atoms with Crippen molar-refractivity contribution in [1.29, 1.82) is 0 Å². The highest BCUT2D eigenvalue weighted by atomic mass is 79.9. The van der Waals surface area contributed by atoms with E-state index in [9.17, 15) is 4.79 Å². The second-order valence-corrected chi connectivity index (χ2v) is 7.08. The van der Waals surface area contributed by atoms with E-state index in [4.69, 9.17) is 4.74 Å². The van der Waals surface area contributed by atoms with Crippen LogP contribution in [-0.2, 0) is 16.1 Å². The molecule has 1 saturated heterocycles. The van der Waals surface area contributed by atoms with Crippen LogP contribution in [0.4, 0.5) is 5.82 Å². The van der Waals surface area contributed by atoms with E-state index in [1.54, 1.807) is 6.08 Å². The molecule has 1 amide bonds. The fraction of sp³-hybridized carbons (Fsp3) is 0.500. The number of carbonyl (C=O) groups is 1. The Kier molecular flexibility index (Phi) is 4.34. The second-order valence-electron chi connectivity index (χ2n) is 6.27. The Morgan fingerprint density at radius 1 is 1.64 bits per heavy atom. The van der Waals surface area contributed by atoms with Gasteiger partial charge in [-0.15, -0.1) is 6.58 Å². The number of hydrogen-bond donors (Lipinski definition) is 2. The molecule has 0 bridgehead atoms. The predicted octanol–water partition coefficient (Wildman–Crippen LogP) is 2.63. The molecule has 1 aromatic heterocycles. The molecule has 0 aromatic carbocycles. The number of piperidine rings is 1. The first-order valence-corrected chi connectivity index (χ1v) is 8.22. The van der Waals surface area contributed by atoms with Crippen LogP contribution in [0.15, 0.2) is 29.4 Å². The lowest BCUT2D eigenvalue weighted by Crippen LogP contribution is -2.38. The van der Waals surface area contributed by atoms with Crippen LogP contribution in [-0.4, -0.2) is 29.6 Å². The predicted molar refractivity (Wildman–Crippen MR) is 88.5 cm³/mol. The first kappa shape index (κ1) is 15.6. The summed E-state index contributed by atoms with van der Waals surface area (Å²) in [6, 6.07) is 4.10. The van der Waals surface area contributed by atoms with Crippen LogP contribution in [0.25, 0.3) is 0 Å². The van der Waals surface area contributed by atoms with E-state index in [0.717, 1.165) is 12.0 Å². The molecule has 0 spiro atoms. The van der Waals surface area contributed by atoms with Crippen molar-refractivity contribution in [3.63, 3.8) is 0 Å². The average molecular weight is 366 g/mol. The van der Waals surface area contributed by atoms with Gasteiger partial charge in [0.25, 0.3) is 0 Å². The number of ether oxygens (including phenoxy) is 1. The zero-order valence-corrected chi connectivity index (χ0v) is 14.1. The number of nitrogens with zero attached hydrogens (tertiary/aromatic N) is 1. The Bertz CT molecular complexity index is 607. The van der Waals surface area contributed by atoms with Gasteiger partial charge < -0.3 is 15.4 Å². The van der Waals surface area contributed by atoms with Gasteiger partial charge in [0.05, 0.1) is 19.3 Å². The van der Waals surface area contributed by atoms with E-state index in [1.807, 2.05) is 12.1 Å². The van der Waals surface area contributed by atoms with Crippen LogP contribution in [0.5, 0.6) is 0 Å². The minimum absolute atomic E-state index is 0.0241. The van der Waals surface area contributed by atoms with E-state index < -0.39 is 0 Å². The van der Waals surface area contributed by atoms with Crippen molar-refractivity contribution >= 4 is 27.7 Å². The summed E-state index contributed by atoms with van der Waals surface area (Å²) < 4.78 is 6.14. The van der Waals surface area contributed by atoms with E-state index in [0.29, 0.717) is 35.1 Å². The SMILES string of the molecule is C=CCOCc1ccc(Br)nc1NC(=O)[C@@H]1C[C@@]2(C)C[C@H]2N1. The van der Waals surface area contributed by atoms with Crippen molar-refractivity contribution < 1.29 is 9.53 Å². The maximum Gasteiger partial charge on any atom is 0.242 e. The third-order valence-electron chi connectivity index (χ3n) is 4.42. The highest BCUT2D eigenvalue weighted by Crippen LogP contribution is 2.53. The zero-order chi connectivity index (χ0) is 15.7. The van der Waals surface area contributed by atoms with Crippen molar-refractivity contribution in [3.05, 3.63) is 35.0 Å². The number of anilines is 1. The number of rotatable bonds is 6. The molecule has 0 radical (unpaired) electrons. The van der Waals surface area contributed by atoms with Crippen LogP contribution in [0.2, 0.25) is 0 Å². The molecular formula is C16H20BrN3O2. The summed E-state index contributed by atoms with van der Waals surface area (Å²) in [6.07, 6.45) is 3.76. The van der Waals surface area contributed by atoms with Crippen molar-refractivity contribution in [2.45, 2.75) is 38.5 Å². The number of nitrogens with one attached hydrogen (secondary N) is 2. The normalized spacial score (nSPS) is 29.0. The van der Waals surface area contributed by atoms with E-state index in [2.05, 4.69) is 45.1 Å². The molecular weight excluding hydrogens is 346 g/mol. The third kappa shape index (κ3) is 3.24. The fourth-order valence-corrected chi connectivity index (χ4v) is 3.28. The molecule has 2 aliphatic rings. The van der Waals surface area contributed by atoms with E-state index in [-0.39, 0.29) is 11.9 Å². The maximum atomic E-state index is 12.4. The molecule has 5 nitrogen and oxygen atoms in total. The van der Waals surface area contributed by atoms with Gasteiger partial charge in [-0.05, 0) is 40.3 Å². The zero-order valence-electron chi connectivity index (χ0n) is 12.6. The molecule has 3 atom stereocenters. The smallest absolute Gasteiger partial charge is 0.242 e. The van der Waals surface area contributed by atoms with Crippen molar-refractivity contribution in [1.82, 2.24) is 10.3 Å². The molecule has 1 aliphatic heterocycles. The Morgan fingerprint density at radius 3 is 3.14 bits per heavy atom. The molecule has 0 unspecified atom stereocenters. The van der Waals surface area contributed by atoms with Crippen LogP contribution in [0.3, 0.4) is 0 Å².